The summed E-state index contributed by atoms with van der Waals surface area (Å²) in [6.45, 7) is 3.76. The molecule has 0 fully saturated rings. The van der Waals surface area contributed by atoms with Gasteiger partial charge in [-0.05, 0) is 12.1 Å². The largest absolute Gasteiger partial charge is 0.360 e. The van der Waals surface area contributed by atoms with Crippen molar-refractivity contribution in [3.8, 4) is 0 Å². The molecule has 13 heavy (non-hydrogen) atoms. The topological polar surface area (TPSA) is 78.0 Å². The van der Waals surface area contributed by atoms with Crippen LogP contribution in [0.2, 0.25) is 4.34 Å². The third-order valence-corrected chi connectivity index (χ3v) is 2.52. The van der Waals surface area contributed by atoms with Gasteiger partial charge in [-0.25, -0.2) is 0 Å². The molecule has 0 radical (unpaired) electrons. The quantitative estimate of drug-likeness (QED) is 0.305. The molecule has 0 saturated carbocycles. The minimum absolute atomic E-state index is 0.0869. The molecule has 0 aromatic carbocycles. The van der Waals surface area contributed by atoms with Gasteiger partial charge in [0.15, 0.2) is 0 Å². The molecule has 6 heteroatoms. The highest BCUT2D eigenvalue weighted by molar-refractivity contribution is 7.17. The lowest BCUT2D eigenvalue weighted by Gasteiger charge is -1.99. The van der Waals surface area contributed by atoms with Crippen molar-refractivity contribution < 1.29 is 5.10 Å². The molecule has 70 valence electrons. The van der Waals surface area contributed by atoms with Gasteiger partial charge in [-0.3, -0.25) is 16.9 Å². The Morgan fingerprint density at radius 1 is 1.54 bits per heavy atom. The Labute approximate surface area is 84.9 Å². The first kappa shape index (κ1) is 9.88. The predicted octanol–water partition coefficient (Wildman–Crippen LogP) is -0.769. The lowest BCUT2D eigenvalue weighted by molar-refractivity contribution is -0.511. The summed E-state index contributed by atoms with van der Waals surface area (Å²) in [5.41, 5.74) is 13.8. The fraction of sp³-hybridized carbons (Fsp3) is 0. The first-order valence-corrected chi connectivity index (χ1v) is 4.63. The van der Waals surface area contributed by atoms with E-state index < -0.39 is 0 Å². The van der Waals surface area contributed by atoms with E-state index in [1.165, 1.54) is 11.3 Å². The molecule has 0 bridgehead atoms. The van der Waals surface area contributed by atoms with Gasteiger partial charge in [0.05, 0.1) is 14.9 Å². The Kier molecular flexibility index (Phi) is 3.16. The molecule has 1 aromatic rings. The summed E-state index contributed by atoms with van der Waals surface area (Å²) in [4.78, 5) is 0.929. The van der Waals surface area contributed by atoms with Crippen LogP contribution in [0.1, 0.15) is 4.88 Å². The van der Waals surface area contributed by atoms with E-state index in [1.807, 2.05) is 6.07 Å². The number of hydrazone groups is 1. The van der Waals surface area contributed by atoms with E-state index in [4.69, 9.17) is 23.1 Å². The average molecular weight is 218 g/mol. The Morgan fingerprint density at radius 3 is 2.69 bits per heavy atom. The van der Waals surface area contributed by atoms with Crippen molar-refractivity contribution >= 4 is 34.6 Å². The van der Waals surface area contributed by atoms with Gasteiger partial charge in [0.2, 0.25) is 0 Å². The third kappa shape index (κ3) is 2.96. The van der Waals surface area contributed by atoms with E-state index in [2.05, 4.69) is 17.1 Å². The number of halogens is 1. The smallest absolute Gasteiger partial charge is 0.289 e. The van der Waals surface area contributed by atoms with Crippen LogP contribution in [0.4, 0.5) is 0 Å². The van der Waals surface area contributed by atoms with Crippen molar-refractivity contribution in [3.05, 3.63) is 27.9 Å². The predicted molar refractivity (Wildman–Crippen MR) is 55.8 cm³/mol. The van der Waals surface area contributed by atoms with Gasteiger partial charge in [0.25, 0.3) is 0 Å². The third-order valence-electron chi connectivity index (χ3n) is 1.23. The van der Waals surface area contributed by atoms with Crippen LogP contribution in [0.25, 0.3) is 5.70 Å². The summed E-state index contributed by atoms with van der Waals surface area (Å²) in [6.07, 6.45) is 0. The molecule has 0 unspecified atom stereocenters. The Hall–Kier alpha value is -1.20. The molecule has 0 saturated heterocycles. The molecule has 0 atom stereocenters. The van der Waals surface area contributed by atoms with Gasteiger partial charge < -0.3 is 0 Å². The number of hydrogen-bond acceptors (Lipinski definition) is 2. The van der Waals surface area contributed by atoms with Crippen LogP contribution >= 0.6 is 22.9 Å². The van der Waals surface area contributed by atoms with Crippen molar-refractivity contribution in [2.24, 2.45) is 11.5 Å². The minimum Gasteiger partial charge on any atom is -0.289 e. The second-order valence-corrected chi connectivity index (χ2v) is 4.00. The SMILES string of the molecule is C=C(N[NH+]=C(N)N)c1ccc(Cl)s1. The van der Waals surface area contributed by atoms with Crippen LogP contribution in [0.5, 0.6) is 0 Å². The highest BCUT2D eigenvalue weighted by atomic mass is 35.5. The number of hydrazine groups is 1. The zero-order valence-electron chi connectivity index (χ0n) is 6.80. The molecular weight excluding hydrogens is 208 g/mol. The van der Waals surface area contributed by atoms with Crippen molar-refractivity contribution in [1.29, 1.82) is 0 Å². The van der Waals surface area contributed by atoms with Crippen LogP contribution < -0.4 is 22.0 Å². The van der Waals surface area contributed by atoms with Gasteiger partial charge in [-0.15, -0.1) is 11.3 Å². The summed E-state index contributed by atoms with van der Waals surface area (Å²) >= 11 is 7.16. The normalized spacial score (nSPS) is 9.31. The zero-order chi connectivity index (χ0) is 9.84. The molecule has 1 heterocycles. The Bertz CT molecular complexity index is 340. The monoisotopic (exact) mass is 217 g/mol. The maximum absolute atomic E-state index is 5.74. The fourth-order valence-corrected chi connectivity index (χ4v) is 1.65. The summed E-state index contributed by atoms with van der Waals surface area (Å²) in [6, 6.07) is 3.65. The van der Waals surface area contributed by atoms with Gasteiger partial charge in [0.1, 0.15) is 0 Å². The molecule has 0 amide bonds. The van der Waals surface area contributed by atoms with Crippen LogP contribution in [0.3, 0.4) is 0 Å². The van der Waals surface area contributed by atoms with Crippen molar-refractivity contribution in [3.63, 3.8) is 0 Å². The van der Waals surface area contributed by atoms with Gasteiger partial charge in [-0.1, -0.05) is 18.2 Å². The van der Waals surface area contributed by atoms with E-state index >= 15 is 0 Å². The maximum Gasteiger partial charge on any atom is 0.360 e. The first-order valence-electron chi connectivity index (χ1n) is 3.44. The molecule has 0 aliphatic heterocycles. The fourth-order valence-electron chi connectivity index (χ4n) is 0.686. The molecule has 1 aromatic heterocycles. The highest BCUT2D eigenvalue weighted by Crippen LogP contribution is 2.24. The van der Waals surface area contributed by atoms with Gasteiger partial charge in [-0.2, -0.15) is 5.10 Å². The van der Waals surface area contributed by atoms with Crippen LogP contribution in [-0.4, -0.2) is 5.96 Å². The van der Waals surface area contributed by atoms with Gasteiger partial charge in [0, 0.05) is 0 Å². The van der Waals surface area contributed by atoms with E-state index in [-0.39, 0.29) is 5.96 Å². The highest BCUT2D eigenvalue weighted by Gasteiger charge is 2.01. The number of nitrogens with two attached hydrogens (primary N) is 2. The van der Waals surface area contributed by atoms with Gasteiger partial charge >= 0.3 is 5.96 Å². The summed E-state index contributed by atoms with van der Waals surface area (Å²) in [5.74, 6) is 0.0869. The summed E-state index contributed by atoms with van der Waals surface area (Å²) in [5, 5.41) is 2.54. The van der Waals surface area contributed by atoms with Crippen molar-refractivity contribution in [2.45, 2.75) is 0 Å². The second-order valence-electron chi connectivity index (χ2n) is 2.29. The lowest BCUT2D eigenvalue weighted by Crippen LogP contribution is -2.85. The number of rotatable bonds is 3. The molecular formula is C7H10ClN4S+. The Morgan fingerprint density at radius 2 is 2.23 bits per heavy atom. The van der Waals surface area contributed by atoms with E-state index in [0.717, 1.165) is 4.88 Å². The molecule has 4 nitrogen and oxygen atoms in total. The average Bonchev–Trinajstić information content (AvgIpc) is 2.47. The van der Waals surface area contributed by atoms with Crippen molar-refractivity contribution in [2.75, 3.05) is 0 Å². The Balaban J connectivity index is 2.64. The number of hydrogen-bond donors (Lipinski definition) is 4. The van der Waals surface area contributed by atoms with Crippen LogP contribution in [-0.2, 0) is 0 Å². The first-order chi connectivity index (χ1) is 6.09. The molecule has 1 rings (SSSR count). The van der Waals surface area contributed by atoms with E-state index in [1.54, 1.807) is 6.07 Å². The summed E-state index contributed by atoms with van der Waals surface area (Å²) in [7, 11) is 0. The maximum atomic E-state index is 5.74. The standard InChI is InChI=1S/C7H9ClN4S/c1-4(11-12-7(9)10)5-2-3-6(8)13-5/h2-3,11H,1H2,(H4,9,10,12)/p+1. The number of nitrogens with one attached hydrogen (secondary N) is 2. The van der Waals surface area contributed by atoms with E-state index in [9.17, 15) is 0 Å². The van der Waals surface area contributed by atoms with Crippen LogP contribution in [0.15, 0.2) is 18.7 Å². The molecule has 6 N–H and O–H groups in total. The molecule has 0 aliphatic carbocycles. The lowest BCUT2D eigenvalue weighted by atomic mass is 10.4. The number of thiophene rings is 1. The number of guanidine groups is 1. The van der Waals surface area contributed by atoms with Crippen LogP contribution in [0, 0.1) is 0 Å². The minimum atomic E-state index is 0.0869. The second kappa shape index (κ2) is 4.15. The van der Waals surface area contributed by atoms with Crippen molar-refractivity contribution in [1.82, 2.24) is 5.43 Å². The molecule has 0 spiro atoms. The summed E-state index contributed by atoms with van der Waals surface area (Å²) < 4.78 is 0.711. The van der Waals surface area contributed by atoms with E-state index in [0.29, 0.717) is 10.0 Å². The zero-order valence-corrected chi connectivity index (χ0v) is 8.38. The molecule has 0 aliphatic rings.